The summed E-state index contributed by atoms with van der Waals surface area (Å²) in [7, 11) is 0. The number of hydrogen-bond acceptors (Lipinski definition) is 3. The van der Waals surface area contributed by atoms with Gasteiger partial charge in [-0.15, -0.1) is 0 Å². The van der Waals surface area contributed by atoms with E-state index in [2.05, 4.69) is 0 Å². The van der Waals surface area contributed by atoms with E-state index in [1.807, 2.05) is 13.0 Å². The van der Waals surface area contributed by atoms with Gasteiger partial charge in [0.25, 0.3) is 0 Å². The minimum Gasteiger partial charge on any atom is -0.481 e. The van der Waals surface area contributed by atoms with Crippen molar-refractivity contribution in [2.24, 2.45) is 11.8 Å². The molecule has 1 fully saturated rings. The first-order chi connectivity index (χ1) is 8.50. The van der Waals surface area contributed by atoms with Crippen LogP contribution < -0.4 is 0 Å². The highest BCUT2D eigenvalue weighted by molar-refractivity contribution is 6.05. The molecule has 2 aliphatic rings. The summed E-state index contributed by atoms with van der Waals surface area (Å²) in [6.07, 6.45) is 3.64. The van der Waals surface area contributed by atoms with Crippen LogP contribution in [0.15, 0.2) is 11.6 Å². The van der Waals surface area contributed by atoms with Crippen molar-refractivity contribution in [3.63, 3.8) is 0 Å². The molecule has 98 valence electrons. The number of likely N-dealkylation sites (tertiary alicyclic amines) is 1. The number of fused-ring (bicyclic) bond motifs is 1. The van der Waals surface area contributed by atoms with Crippen LogP contribution in [-0.2, 0) is 14.4 Å². The summed E-state index contributed by atoms with van der Waals surface area (Å²) in [6, 6.07) is 0. The van der Waals surface area contributed by atoms with E-state index in [0.717, 1.165) is 5.57 Å². The van der Waals surface area contributed by atoms with Crippen LogP contribution in [0.4, 0.5) is 0 Å². The number of rotatable bonds is 4. The molecule has 5 nitrogen and oxygen atoms in total. The number of imide groups is 1. The van der Waals surface area contributed by atoms with Crippen molar-refractivity contribution in [2.45, 2.75) is 32.6 Å². The van der Waals surface area contributed by atoms with Gasteiger partial charge in [0, 0.05) is 13.0 Å². The SMILES string of the molecule is CC1=CC[C@@H]2C(=O)N(CCCC(=O)O)C(=O)[C@@H]2C1. The zero-order chi connectivity index (χ0) is 13.3. The summed E-state index contributed by atoms with van der Waals surface area (Å²) in [5.41, 5.74) is 1.16. The second kappa shape index (κ2) is 4.92. The molecule has 0 bridgehead atoms. The molecule has 2 amide bonds. The Morgan fingerprint density at radius 1 is 1.39 bits per heavy atom. The van der Waals surface area contributed by atoms with Crippen molar-refractivity contribution in [2.75, 3.05) is 6.54 Å². The first-order valence-electron chi connectivity index (χ1n) is 6.23. The number of carbonyl (C=O) groups is 3. The Balaban J connectivity index is 2.00. The molecule has 0 saturated carbocycles. The third-order valence-electron chi connectivity index (χ3n) is 3.69. The van der Waals surface area contributed by atoms with Crippen molar-refractivity contribution in [1.82, 2.24) is 4.90 Å². The van der Waals surface area contributed by atoms with Crippen molar-refractivity contribution in [1.29, 1.82) is 0 Å². The van der Waals surface area contributed by atoms with Gasteiger partial charge in [-0.05, 0) is 26.2 Å². The van der Waals surface area contributed by atoms with Gasteiger partial charge in [0.05, 0.1) is 11.8 Å². The molecule has 0 aromatic heterocycles. The lowest BCUT2D eigenvalue weighted by Gasteiger charge is -2.19. The molecule has 2 rings (SSSR count). The molecule has 1 N–H and O–H groups in total. The molecule has 1 aliphatic heterocycles. The van der Waals surface area contributed by atoms with E-state index >= 15 is 0 Å². The van der Waals surface area contributed by atoms with Gasteiger partial charge >= 0.3 is 5.97 Å². The van der Waals surface area contributed by atoms with Gasteiger partial charge in [0.1, 0.15) is 0 Å². The van der Waals surface area contributed by atoms with Crippen LogP contribution in [0.2, 0.25) is 0 Å². The van der Waals surface area contributed by atoms with E-state index in [9.17, 15) is 14.4 Å². The number of aliphatic carboxylic acids is 1. The average Bonchev–Trinajstić information content (AvgIpc) is 2.53. The summed E-state index contributed by atoms with van der Waals surface area (Å²) in [4.78, 5) is 35.9. The van der Waals surface area contributed by atoms with Crippen LogP contribution in [0.25, 0.3) is 0 Å². The van der Waals surface area contributed by atoms with Crippen LogP contribution in [0.1, 0.15) is 32.6 Å². The third kappa shape index (κ3) is 2.30. The van der Waals surface area contributed by atoms with Crippen molar-refractivity contribution >= 4 is 17.8 Å². The molecule has 1 aliphatic carbocycles. The van der Waals surface area contributed by atoms with Crippen molar-refractivity contribution in [3.05, 3.63) is 11.6 Å². The second-order valence-electron chi connectivity index (χ2n) is 5.03. The van der Waals surface area contributed by atoms with Crippen LogP contribution in [0.3, 0.4) is 0 Å². The lowest BCUT2D eigenvalue weighted by atomic mass is 9.82. The highest BCUT2D eigenvalue weighted by atomic mass is 16.4. The van der Waals surface area contributed by atoms with Gasteiger partial charge in [-0.25, -0.2) is 0 Å². The Bertz CT molecular complexity index is 427. The predicted octanol–water partition coefficient (Wildman–Crippen LogP) is 1.19. The zero-order valence-corrected chi connectivity index (χ0v) is 10.4. The third-order valence-corrected chi connectivity index (χ3v) is 3.69. The summed E-state index contributed by atoms with van der Waals surface area (Å²) in [5.74, 6) is -1.58. The highest BCUT2D eigenvalue weighted by Gasteiger charge is 2.47. The molecule has 2 atom stereocenters. The molecule has 1 heterocycles. The largest absolute Gasteiger partial charge is 0.481 e. The molecule has 18 heavy (non-hydrogen) atoms. The van der Waals surface area contributed by atoms with Crippen molar-refractivity contribution < 1.29 is 19.5 Å². The number of allylic oxidation sites excluding steroid dienone is 2. The maximum Gasteiger partial charge on any atom is 0.303 e. The fourth-order valence-corrected chi connectivity index (χ4v) is 2.71. The van der Waals surface area contributed by atoms with E-state index in [0.29, 0.717) is 19.3 Å². The van der Waals surface area contributed by atoms with Gasteiger partial charge < -0.3 is 5.11 Å². The van der Waals surface area contributed by atoms with E-state index in [4.69, 9.17) is 5.11 Å². The topological polar surface area (TPSA) is 74.7 Å². The Kier molecular flexibility index (Phi) is 3.50. The normalized spacial score (nSPS) is 27.2. The zero-order valence-electron chi connectivity index (χ0n) is 10.4. The van der Waals surface area contributed by atoms with Gasteiger partial charge in [-0.3, -0.25) is 19.3 Å². The van der Waals surface area contributed by atoms with E-state index < -0.39 is 5.97 Å². The number of hydrogen-bond donors (Lipinski definition) is 1. The number of carboxylic acids is 1. The molecule has 0 aromatic rings. The number of nitrogens with zero attached hydrogens (tertiary/aromatic N) is 1. The van der Waals surface area contributed by atoms with Gasteiger partial charge in [-0.1, -0.05) is 11.6 Å². The summed E-state index contributed by atoms with van der Waals surface area (Å²) in [6.45, 7) is 2.21. The smallest absolute Gasteiger partial charge is 0.303 e. The molecule has 0 unspecified atom stereocenters. The van der Waals surface area contributed by atoms with Gasteiger partial charge in [0.2, 0.25) is 11.8 Å². The fraction of sp³-hybridized carbons (Fsp3) is 0.615. The standard InChI is InChI=1S/C13H17NO4/c1-8-4-5-9-10(7-8)13(18)14(12(9)17)6-2-3-11(15)16/h4,9-10H,2-3,5-7H2,1H3,(H,15,16)/t9-,10+/m0/s1. The lowest BCUT2D eigenvalue weighted by molar-refractivity contribution is -0.142. The minimum atomic E-state index is -0.899. The number of carbonyl (C=O) groups excluding carboxylic acids is 2. The first kappa shape index (κ1) is 12.8. The van der Waals surface area contributed by atoms with Crippen LogP contribution in [0.5, 0.6) is 0 Å². The summed E-state index contributed by atoms with van der Waals surface area (Å²) < 4.78 is 0. The van der Waals surface area contributed by atoms with E-state index in [1.54, 1.807) is 0 Å². The molecule has 0 aromatic carbocycles. The van der Waals surface area contributed by atoms with E-state index in [1.165, 1.54) is 4.90 Å². The van der Waals surface area contributed by atoms with Crippen LogP contribution >= 0.6 is 0 Å². The molecule has 1 saturated heterocycles. The molecular weight excluding hydrogens is 234 g/mol. The Morgan fingerprint density at radius 2 is 2.06 bits per heavy atom. The van der Waals surface area contributed by atoms with Crippen LogP contribution in [-0.4, -0.2) is 34.3 Å². The monoisotopic (exact) mass is 251 g/mol. The van der Waals surface area contributed by atoms with Gasteiger partial charge in [0.15, 0.2) is 0 Å². The molecular formula is C13H17NO4. The Morgan fingerprint density at radius 3 is 2.72 bits per heavy atom. The highest BCUT2D eigenvalue weighted by Crippen LogP contribution is 2.37. The predicted molar refractivity (Wildman–Crippen MR) is 63.6 cm³/mol. The minimum absolute atomic E-state index is 0.0102. The first-order valence-corrected chi connectivity index (χ1v) is 6.23. The number of carboxylic acid groups (broad SMARTS) is 1. The van der Waals surface area contributed by atoms with E-state index in [-0.39, 0.29) is 36.6 Å². The van der Waals surface area contributed by atoms with Crippen molar-refractivity contribution in [3.8, 4) is 0 Å². The molecule has 5 heteroatoms. The van der Waals surface area contributed by atoms with Gasteiger partial charge in [-0.2, -0.15) is 0 Å². The summed E-state index contributed by atoms with van der Waals surface area (Å²) in [5, 5.41) is 8.56. The number of amides is 2. The maximum atomic E-state index is 12.1. The summed E-state index contributed by atoms with van der Waals surface area (Å²) >= 11 is 0. The molecule has 0 radical (unpaired) electrons. The Labute approximate surface area is 105 Å². The molecule has 0 spiro atoms. The maximum absolute atomic E-state index is 12.1. The average molecular weight is 251 g/mol. The second-order valence-corrected chi connectivity index (χ2v) is 5.03. The Hall–Kier alpha value is -1.65. The quantitative estimate of drug-likeness (QED) is 0.601. The van der Waals surface area contributed by atoms with Crippen LogP contribution in [0, 0.1) is 11.8 Å². The fourth-order valence-electron chi connectivity index (χ4n) is 2.71. The lowest BCUT2D eigenvalue weighted by Crippen LogP contribution is -2.32.